The maximum Gasteiger partial charge on any atom is 0.154 e. The summed E-state index contributed by atoms with van der Waals surface area (Å²) in [6.07, 6.45) is 0.852. The number of hydrogen-bond donors (Lipinski definition) is 0. The Labute approximate surface area is 68.7 Å². The van der Waals surface area contributed by atoms with E-state index < -0.39 is 0 Å². The zero-order valence-electron chi connectivity index (χ0n) is 7.96. The number of carbonyl (C=O) groups is 1. The van der Waals surface area contributed by atoms with Crippen LogP contribution in [0.5, 0.6) is 0 Å². The third-order valence-electron chi connectivity index (χ3n) is 0.936. The van der Waals surface area contributed by atoms with Crippen molar-refractivity contribution in [2.75, 3.05) is 14.2 Å². The minimum Gasteiger partial charge on any atom is -0.356 e. The average Bonchev–Trinajstić information content (AvgIpc) is 2.04. The lowest BCUT2D eigenvalue weighted by molar-refractivity contribution is -0.110. The van der Waals surface area contributed by atoms with Crippen LogP contribution in [0.1, 0.15) is 20.8 Å². The van der Waals surface area contributed by atoms with Crippen molar-refractivity contribution in [3.8, 4) is 0 Å². The molecule has 0 saturated carbocycles. The predicted octanol–water partition coefficient (Wildman–Crippen LogP) is 1.47. The highest BCUT2D eigenvalue weighted by Gasteiger charge is 1.87. The molecule has 68 valence electrons. The number of hydrogen-bond acceptors (Lipinski definition) is 3. The Bertz CT molecular complexity index is 77.4. The highest BCUT2D eigenvalue weighted by atomic mass is 16.7. The van der Waals surface area contributed by atoms with Crippen molar-refractivity contribution in [1.82, 2.24) is 0 Å². The van der Waals surface area contributed by atoms with Gasteiger partial charge < -0.3 is 14.3 Å². The molecule has 3 heteroatoms. The van der Waals surface area contributed by atoms with E-state index in [0.717, 1.165) is 6.29 Å². The lowest BCUT2D eigenvalue weighted by Crippen LogP contribution is -2.05. The molecule has 0 bridgehead atoms. The number of aldehydes is 1. The number of ether oxygens (including phenoxy) is 2. The van der Waals surface area contributed by atoms with Gasteiger partial charge in [0.15, 0.2) is 6.29 Å². The molecule has 0 atom stereocenters. The third kappa shape index (κ3) is 17.7. The molecule has 0 fully saturated rings. The van der Waals surface area contributed by atoms with Crippen LogP contribution in [-0.2, 0) is 14.3 Å². The molecule has 0 aromatic carbocycles. The van der Waals surface area contributed by atoms with Crippen LogP contribution in [0.3, 0.4) is 0 Å². The largest absolute Gasteiger partial charge is 0.356 e. The minimum atomic E-state index is -0.0648. The second-order valence-electron chi connectivity index (χ2n) is 2.42. The van der Waals surface area contributed by atoms with Crippen molar-refractivity contribution in [2.45, 2.75) is 27.1 Å². The summed E-state index contributed by atoms with van der Waals surface area (Å²) in [5, 5.41) is 0. The molecule has 0 aromatic heterocycles. The van der Waals surface area contributed by atoms with Crippen LogP contribution < -0.4 is 0 Å². The van der Waals surface area contributed by atoms with Crippen molar-refractivity contribution < 1.29 is 14.3 Å². The first kappa shape index (κ1) is 13.2. The molecule has 11 heavy (non-hydrogen) atoms. The molecule has 0 spiro atoms. The Morgan fingerprint density at radius 3 is 1.36 bits per heavy atom. The fourth-order valence-electron chi connectivity index (χ4n) is 0.0962. The van der Waals surface area contributed by atoms with Gasteiger partial charge >= 0.3 is 0 Å². The molecule has 0 saturated heterocycles. The second kappa shape index (κ2) is 9.59. The highest BCUT2D eigenvalue weighted by molar-refractivity contribution is 5.51. The van der Waals surface area contributed by atoms with Crippen molar-refractivity contribution in [3.63, 3.8) is 0 Å². The van der Waals surface area contributed by atoms with Crippen molar-refractivity contribution >= 4 is 6.29 Å². The molecule has 0 aliphatic carbocycles. The van der Waals surface area contributed by atoms with Crippen LogP contribution in [0.25, 0.3) is 0 Å². The highest BCUT2D eigenvalue weighted by Crippen LogP contribution is 1.83. The van der Waals surface area contributed by atoms with Gasteiger partial charge in [0, 0.05) is 20.1 Å². The molecule has 0 radical (unpaired) electrons. The maximum absolute atomic E-state index is 9.50. The Balaban J connectivity index is 0. The summed E-state index contributed by atoms with van der Waals surface area (Å²) in [7, 11) is 3.21. The molecule has 0 heterocycles. The molecular formula is C8H18O3. The van der Waals surface area contributed by atoms with Gasteiger partial charge in [0.25, 0.3) is 0 Å². The van der Waals surface area contributed by atoms with Crippen LogP contribution in [0.15, 0.2) is 0 Å². The van der Waals surface area contributed by atoms with Gasteiger partial charge in [0.05, 0.1) is 0 Å². The zero-order valence-corrected chi connectivity index (χ0v) is 7.96. The van der Waals surface area contributed by atoms with Gasteiger partial charge in [-0.15, -0.1) is 0 Å². The van der Waals surface area contributed by atoms with Gasteiger partial charge in [-0.1, -0.05) is 13.8 Å². The Morgan fingerprint density at radius 2 is 1.36 bits per heavy atom. The quantitative estimate of drug-likeness (QED) is 0.465. The average molecular weight is 162 g/mol. The molecule has 0 aliphatic rings. The van der Waals surface area contributed by atoms with E-state index in [0.29, 0.717) is 0 Å². The van der Waals surface area contributed by atoms with Gasteiger partial charge in [-0.05, 0) is 6.92 Å². The second-order valence-corrected chi connectivity index (χ2v) is 2.42. The van der Waals surface area contributed by atoms with Gasteiger partial charge in [-0.3, -0.25) is 0 Å². The first-order valence-corrected chi connectivity index (χ1v) is 3.59. The molecule has 0 aromatic rings. The summed E-state index contributed by atoms with van der Waals surface area (Å²) in [6, 6.07) is 0. The summed E-state index contributed by atoms with van der Waals surface area (Å²) in [6.45, 7) is 5.54. The van der Waals surface area contributed by atoms with Crippen LogP contribution in [0, 0.1) is 5.92 Å². The smallest absolute Gasteiger partial charge is 0.154 e. The lowest BCUT2D eigenvalue weighted by Gasteiger charge is -2.03. The molecular weight excluding hydrogens is 144 g/mol. The normalized spacial score (nSPS) is 9.36. The Hall–Kier alpha value is -0.410. The van der Waals surface area contributed by atoms with Gasteiger partial charge in [0.2, 0.25) is 0 Å². The van der Waals surface area contributed by atoms with Crippen molar-refractivity contribution in [3.05, 3.63) is 0 Å². The number of methoxy groups -OCH3 is 2. The maximum atomic E-state index is 9.50. The lowest BCUT2D eigenvalue weighted by atomic mass is 10.3. The van der Waals surface area contributed by atoms with Crippen LogP contribution in [-0.4, -0.2) is 26.8 Å². The van der Waals surface area contributed by atoms with E-state index in [4.69, 9.17) is 0 Å². The molecule has 0 aliphatic heterocycles. The minimum absolute atomic E-state index is 0.0648. The zero-order chi connectivity index (χ0) is 9.28. The summed E-state index contributed by atoms with van der Waals surface area (Å²) in [5.41, 5.74) is 0. The molecule has 0 N–H and O–H groups in total. The number of carbonyl (C=O) groups excluding carboxylic acids is 1. The molecule has 0 rings (SSSR count). The van der Waals surface area contributed by atoms with E-state index in [1.165, 1.54) is 0 Å². The van der Waals surface area contributed by atoms with Crippen LogP contribution >= 0.6 is 0 Å². The van der Waals surface area contributed by atoms with E-state index in [1.54, 1.807) is 14.2 Å². The predicted molar refractivity (Wildman–Crippen MR) is 44.4 cm³/mol. The summed E-state index contributed by atoms with van der Waals surface area (Å²) < 4.78 is 9.35. The summed E-state index contributed by atoms with van der Waals surface area (Å²) in [4.78, 5) is 9.50. The fraction of sp³-hybridized carbons (Fsp3) is 0.875. The van der Waals surface area contributed by atoms with Crippen LogP contribution in [0.4, 0.5) is 0 Å². The van der Waals surface area contributed by atoms with E-state index in [1.807, 2.05) is 20.8 Å². The van der Waals surface area contributed by atoms with E-state index in [-0.39, 0.29) is 12.2 Å². The first-order valence-electron chi connectivity index (χ1n) is 3.59. The topological polar surface area (TPSA) is 35.5 Å². The fourth-order valence-corrected chi connectivity index (χ4v) is 0.0962. The van der Waals surface area contributed by atoms with Gasteiger partial charge in [-0.2, -0.15) is 0 Å². The SMILES string of the molecule is CC(C)C=O.COC(C)OC. The van der Waals surface area contributed by atoms with Gasteiger partial charge in [0.1, 0.15) is 6.29 Å². The van der Waals surface area contributed by atoms with Crippen molar-refractivity contribution in [1.29, 1.82) is 0 Å². The monoisotopic (exact) mass is 162 g/mol. The van der Waals surface area contributed by atoms with E-state index >= 15 is 0 Å². The van der Waals surface area contributed by atoms with E-state index in [2.05, 4.69) is 9.47 Å². The molecule has 0 unspecified atom stereocenters. The Morgan fingerprint density at radius 1 is 1.09 bits per heavy atom. The molecule has 3 nitrogen and oxygen atoms in total. The van der Waals surface area contributed by atoms with Gasteiger partial charge in [-0.25, -0.2) is 0 Å². The van der Waals surface area contributed by atoms with E-state index in [9.17, 15) is 4.79 Å². The Kier molecular flexibility index (Phi) is 11.5. The van der Waals surface area contributed by atoms with Crippen molar-refractivity contribution in [2.24, 2.45) is 5.92 Å². The third-order valence-corrected chi connectivity index (χ3v) is 0.936. The summed E-state index contributed by atoms with van der Waals surface area (Å²) in [5.74, 6) is 0.204. The first-order chi connectivity index (χ1) is 5.08. The van der Waals surface area contributed by atoms with Crippen LogP contribution in [0.2, 0.25) is 0 Å². The standard InChI is InChI=1S/C4H10O2.C4H8O/c1-4(5-2)6-3;1-4(2)3-5/h4H,1-3H3;3-4H,1-2H3. The molecule has 0 amide bonds. The number of rotatable bonds is 3. The summed E-state index contributed by atoms with van der Waals surface area (Å²) >= 11 is 0.